The average molecular weight is 315 g/mol. The van der Waals surface area contributed by atoms with Gasteiger partial charge in [0.15, 0.2) is 0 Å². The summed E-state index contributed by atoms with van der Waals surface area (Å²) >= 11 is 0. The zero-order valence-electron chi connectivity index (χ0n) is 13.5. The molecule has 1 amide bonds. The number of nitrogens with one attached hydrogen (secondary N) is 1. The van der Waals surface area contributed by atoms with Crippen LogP contribution in [0.25, 0.3) is 0 Å². The fourth-order valence-electron chi connectivity index (χ4n) is 4.64. The molecule has 124 valence electrons. The highest BCUT2D eigenvalue weighted by atomic mass is 16.1. The molecule has 0 aliphatic heterocycles. The molecule has 0 aromatic carbocycles. The molecule has 0 saturated heterocycles. The molecule has 23 heavy (non-hydrogen) atoms. The Morgan fingerprint density at radius 3 is 2.70 bits per heavy atom. The first kappa shape index (κ1) is 14.8. The van der Waals surface area contributed by atoms with Gasteiger partial charge < -0.3 is 5.32 Å². The summed E-state index contributed by atoms with van der Waals surface area (Å²) in [5, 5.41) is 14.5. The Hall–Kier alpha value is -1.72. The maximum atomic E-state index is 12.4. The number of amides is 1. The highest BCUT2D eigenvalue weighted by Crippen LogP contribution is 2.43. The SMILES string of the molecule is O=C(NC[C@H]1C[C@H]2C=C[C@H]1C2)C1CCC(Cn2cnnn2)CC1. The number of allylic oxidation sites excluding steroid dienone is 2. The van der Waals surface area contributed by atoms with Gasteiger partial charge in [-0.15, -0.1) is 5.10 Å². The van der Waals surface area contributed by atoms with Gasteiger partial charge in [-0.3, -0.25) is 4.79 Å². The van der Waals surface area contributed by atoms with Crippen LogP contribution < -0.4 is 5.32 Å². The molecular weight excluding hydrogens is 290 g/mol. The van der Waals surface area contributed by atoms with E-state index in [1.54, 1.807) is 11.0 Å². The van der Waals surface area contributed by atoms with Crippen molar-refractivity contribution in [2.45, 2.75) is 45.1 Å². The standard InChI is InChI=1S/C17H25N5O/c23-17(18-9-16-8-13-3-6-15(16)7-13)14-4-1-12(2-5-14)10-22-11-19-20-21-22/h3,6,11-16H,1-2,4-5,7-10H2,(H,18,23)/t12?,13-,14?,15-,16+/m0/s1. The van der Waals surface area contributed by atoms with Crippen molar-refractivity contribution in [2.75, 3.05) is 6.54 Å². The summed E-state index contributed by atoms with van der Waals surface area (Å²) in [6, 6.07) is 0. The molecule has 2 fully saturated rings. The van der Waals surface area contributed by atoms with Gasteiger partial charge in [0.1, 0.15) is 6.33 Å². The third-order valence-corrected chi connectivity index (χ3v) is 6.01. The molecule has 0 spiro atoms. The van der Waals surface area contributed by atoms with Gasteiger partial charge in [0, 0.05) is 19.0 Å². The zero-order valence-corrected chi connectivity index (χ0v) is 13.5. The van der Waals surface area contributed by atoms with Crippen molar-refractivity contribution >= 4 is 5.91 Å². The van der Waals surface area contributed by atoms with E-state index in [9.17, 15) is 4.79 Å². The number of rotatable bonds is 5. The molecule has 6 nitrogen and oxygen atoms in total. The van der Waals surface area contributed by atoms with Crippen molar-refractivity contribution in [3.63, 3.8) is 0 Å². The van der Waals surface area contributed by atoms with Crippen LogP contribution in [-0.4, -0.2) is 32.7 Å². The monoisotopic (exact) mass is 315 g/mol. The first-order valence-corrected chi connectivity index (χ1v) is 8.94. The highest BCUT2D eigenvalue weighted by molar-refractivity contribution is 5.78. The Morgan fingerprint density at radius 2 is 2.04 bits per heavy atom. The first-order chi connectivity index (χ1) is 11.3. The predicted molar refractivity (Wildman–Crippen MR) is 85.1 cm³/mol. The summed E-state index contributed by atoms with van der Waals surface area (Å²) in [7, 11) is 0. The van der Waals surface area contributed by atoms with Crippen LogP contribution in [0.5, 0.6) is 0 Å². The number of aromatic nitrogens is 4. The van der Waals surface area contributed by atoms with Gasteiger partial charge in [0.05, 0.1) is 0 Å². The number of tetrazole rings is 1. The molecule has 6 heteroatoms. The summed E-state index contributed by atoms with van der Waals surface area (Å²) in [4.78, 5) is 12.4. The van der Waals surface area contributed by atoms with E-state index in [0.29, 0.717) is 17.8 Å². The highest BCUT2D eigenvalue weighted by Gasteiger charge is 2.36. The van der Waals surface area contributed by atoms with E-state index in [4.69, 9.17) is 0 Å². The van der Waals surface area contributed by atoms with E-state index in [1.165, 1.54) is 12.8 Å². The second kappa shape index (κ2) is 6.42. The molecule has 1 heterocycles. The quantitative estimate of drug-likeness (QED) is 0.841. The topological polar surface area (TPSA) is 72.7 Å². The number of fused-ring (bicyclic) bond motifs is 2. The van der Waals surface area contributed by atoms with E-state index >= 15 is 0 Å². The summed E-state index contributed by atoms with van der Waals surface area (Å²) in [5.74, 6) is 3.24. The first-order valence-electron chi connectivity index (χ1n) is 8.94. The molecule has 4 rings (SSSR count). The Balaban J connectivity index is 1.19. The number of carbonyl (C=O) groups excluding carboxylic acids is 1. The van der Waals surface area contributed by atoms with Crippen molar-refractivity contribution in [1.29, 1.82) is 0 Å². The molecule has 0 radical (unpaired) electrons. The maximum Gasteiger partial charge on any atom is 0.223 e. The van der Waals surface area contributed by atoms with E-state index in [-0.39, 0.29) is 11.8 Å². The average Bonchev–Trinajstić information content (AvgIpc) is 3.31. The number of hydrogen-bond donors (Lipinski definition) is 1. The van der Waals surface area contributed by atoms with E-state index in [0.717, 1.165) is 44.7 Å². The summed E-state index contributed by atoms with van der Waals surface area (Å²) < 4.78 is 1.80. The maximum absolute atomic E-state index is 12.4. The van der Waals surface area contributed by atoms with E-state index in [2.05, 4.69) is 33.0 Å². The van der Waals surface area contributed by atoms with Crippen molar-refractivity contribution in [1.82, 2.24) is 25.5 Å². The molecular formula is C17H25N5O. The lowest BCUT2D eigenvalue weighted by Crippen LogP contribution is -2.37. The number of carbonyl (C=O) groups is 1. The molecule has 0 unspecified atom stereocenters. The van der Waals surface area contributed by atoms with Gasteiger partial charge in [-0.1, -0.05) is 12.2 Å². The lowest BCUT2D eigenvalue weighted by atomic mass is 9.81. The normalized spacial score (nSPS) is 35.6. The fourth-order valence-corrected chi connectivity index (χ4v) is 4.64. The molecule has 3 aliphatic rings. The van der Waals surface area contributed by atoms with Gasteiger partial charge in [-0.2, -0.15) is 0 Å². The Kier molecular flexibility index (Phi) is 4.14. The van der Waals surface area contributed by atoms with Crippen molar-refractivity contribution < 1.29 is 4.79 Å². The van der Waals surface area contributed by atoms with Crippen molar-refractivity contribution in [3.8, 4) is 0 Å². The lowest BCUT2D eigenvalue weighted by Gasteiger charge is -2.28. The minimum Gasteiger partial charge on any atom is -0.356 e. The minimum absolute atomic E-state index is 0.203. The lowest BCUT2D eigenvalue weighted by molar-refractivity contribution is -0.126. The van der Waals surface area contributed by atoms with E-state index < -0.39 is 0 Å². The van der Waals surface area contributed by atoms with Crippen LogP contribution in [0.1, 0.15) is 38.5 Å². The Labute approximate surface area is 136 Å². The van der Waals surface area contributed by atoms with Crippen LogP contribution in [0.15, 0.2) is 18.5 Å². The second-order valence-electron chi connectivity index (χ2n) is 7.53. The number of hydrogen-bond acceptors (Lipinski definition) is 4. The van der Waals surface area contributed by atoms with Crippen LogP contribution in [0.3, 0.4) is 0 Å². The third kappa shape index (κ3) is 3.31. The van der Waals surface area contributed by atoms with Crippen molar-refractivity contribution in [3.05, 3.63) is 18.5 Å². The smallest absolute Gasteiger partial charge is 0.223 e. The minimum atomic E-state index is 0.203. The summed E-state index contributed by atoms with van der Waals surface area (Å²) in [6.45, 7) is 1.74. The molecule has 1 aromatic rings. The molecule has 3 atom stereocenters. The van der Waals surface area contributed by atoms with Crippen LogP contribution in [0, 0.1) is 29.6 Å². The molecule has 1 aromatic heterocycles. The Bertz CT molecular complexity index is 562. The summed E-state index contributed by atoms with van der Waals surface area (Å²) in [6.07, 6.45) is 13.1. The van der Waals surface area contributed by atoms with Gasteiger partial charge in [0.25, 0.3) is 0 Å². The van der Waals surface area contributed by atoms with Gasteiger partial charge in [-0.25, -0.2) is 4.68 Å². The van der Waals surface area contributed by atoms with Crippen LogP contribution in [0.2, 0.25) is 0 Å². The van der Waals surface area contributed by atoms with Crippen molar-refractivity contribution in [2.24, 2.45) is 29.6 Å². The Morgan fingerprint density at radius 1 is 1.17 bits per heavy atom. The van der Waals surface area contributed by atoms with Crippen LogP contribution in [-0.2, 0) is 11.3 Å². The largest absolute Gasteiger partial charge is 0.356 e. The third-order valence-electron chi connectivity index (χ3n) is 6.01. The fraction of sp³-hybridized carbons (Fsp3) is 0.765. The van der Waals surface area contributed by atoms with E-state index in [1.807, 2.05) is 0 Å². The van der Waals surface area contributed by atoms with Crippen LogP contribution in [0.4, 0.5) is 0 Å². The predicted octanol–water partition coefficient (Wildman–Crippen LogP) is 1.81. The summed E-state index contributed by atoms with van der Waals surface area (Å²) in [5.41, 5.74) is 0. The van der Waals surface area contributed by atoms with Crippen LogP contribution >= 0.6 is 0 Å². The zero-order chi connectivity index (χ0) is 15.6. The van der Waals surface area contributed by atoms with Gasteiger partial charge in [-0.05, 0) is 72.6 Å². The second-order valence-corrected chi connectivity index (χ2v) is 7.53. The van der Waals surface area contributed by atoms with Gasteiger partial charge >= 0.3 is 0 Å². The van der Waals surface area contributed by atoms with Gasteiger partial charge in [0.2, 0.25) is 5.91 Å². The number of nitrogens with zero attached hydrogens (tertiary/aromatic N) is 4. The molecule has 3 aliphatic carbocycles. The molecule has 1 N–H and O–H groups in total. The molecule has 2 saturated carbocycles. The molecule has 2 bridgehead atoms.